The summed E-state index contributed by atoms with van der Waals surface area (Å²) in [6.45, 7) is 2.85. The molecule has 0 radical (unpaired) electrons. The molecule has 2 aromatic carbocycles. The number of anilines is 2. The second kappa shape index (κ2) is 8.42. The molecule has 2 aromatic rings. The standard InChI is InChI=1S/C22H26FN3O2/c1-15(27)26(13-16-7-8-16)14-18-12-20(9-10-21(18)25(2)3)24-22(28)17-5-4-6-19(23)11-17/h4-6,9-12,16H,7-8,13-14H2,1-3H3,(H,24,28). The van der Waals surface area contributed by atoms with E-state index < -0.39 is 5.82 Å². The van der Waals surface area contributed by atoms with Crippen molar-refractivity contribution in [1.29, 1.82) is 0 Å². The van der Waals surface area contributed by atoms with Crippen LogP contribution in [0.2, 0.25) is 0 Å². The molecule has 1 aliphatic rings. The van der Waals surface area contributed by atoms with Gasteiger partial charge in [0.1, 0.15) is 5.82 Å². The Morgan fingerprint density at radius 3 is 2.50 bits per heavy atom. The molecule has 148 valence electrons. The van der Waals surface area contributed by atoms with Crippen LogP contribution in [-0.4, -0.2) is 37.4 Å². The van der Waals surface area contributed by atoms with Gasteiger partial charge in [-0.05, 0) is 60.7 Å². The summed E-state index contributed by atoms with van der Waals surface area (Å²) >= 11 is 0. The minimum atomic E-state index is -0.450. The van der Waals surface area contributed by atoms with E-state index in [0.29, 0.717) is 18.2 Å². The van der Waals surface area contributed by atoms with Crippen molar-refractivity contribution < 1.29 is 14.0 Å². The van der Waals surface area contributed by atoms with Crippen LogP contribution in [0.1, 0.15) is 35.7 Å². The number of halogens is 1. The number of hydrogen-bond donors (Lipinski definition) is 1. The van der Waals surface area contributed by atoms with Gasteiger partial charge in [0, 0.05) is 51.0 Å². The summed E-state index contributed by atoms with van der Waals surface area (Å²) in [6, 6.07) is 11.2. The first-order valence-electron chi connectivity index (χ1n) is 9.46. The Kier molecular flexibility index (Phi) is 5.97. The largest absolute Gasteiger partial charge is 0.377 e. The smallest absolute Gasteiger partial charge is 0.255 e. The zero-order valence-electron chi connectivity index (χ0n) is 16.5. The summed E-state index contributed by atoms with van der Waals surface area (Å²) in [5.74, 6) is -0.175. The van der Waals surface area contributed by atoms with Gasteiger partial charge in [-0.15, -0.1) is 0 Å². The van der Waals surface area contributed by atoms with Crippen LogP contribution in [0.15, 0.2) is 42.5 Å². The van der Waals surface area contributed by atoms with E-state index >= 15 is 0 Å². The number of nitrogens with zero attached hydrogens (tertiary/aromatic N) is 2. The van der Waals surface area contributed by atoms with Gasteiger partial charge in [-0.1, -0.05) is 6.07 Å². The van der Waals surface area contributed by atoms with E-state index in [-0.39, 0.29) is 17.4 Å². The number of nitrogens with one attached hydrogen (secondary N) is 1. The zero-order valence-corrected chi connectivity index (χ0v) is 16.5. The van der Waals surface area contributed by atoms with Gasteiger partial charge >= 0.3 is 0 Å². The summed E-state index contributed by atoms with van der Waals surface area (Å²) in [6.07, 6.45) is 2.35. The highest BCUT2D eigenvalue weighted by Crippen LogP contribution is 2.31. The van der Waals surface area contributed by atoms with Crippen LogP contribution < -0.4 is 10.2 Å². The maximum absolute atomic E-state index is 13.4. The molecule has 0 aromatic heterocycles. The SMILES string of the molecule is CC(=O)N(Cc1cc(NC(=O)c2cccc(F)c2)ccc1N(C)C)CC1CC1. The lowest BCUT2D eigenvalue weighted by Crippen LogP contribution is -2.31. The molecule has 1 N–H and O–H groups in total. The average Bonchev–Trinajstić information content (AvgIpc) is 3.45. The molecule has 0 heterocycles. The molecule has 0 saturated heterocycles. The first-order chi connectivity index (χ1) is 13.3. The maximum Gasteiger partial charge on any atom is 0.255 e. The summed E-state index contributed by atoms with van der Waals surface area (Å²) in [5, 5.41) is 2.82. The van der Waals surface area contributed by atoms with E-state index in [0.717, 1.165) is 17.8 Å². The molecular weight excluding hydrogens is 357 g/mol. The third-order valence-corrected chi connectivity index (χ3v) is 4.89. The molecule has 0 atom stereocenters. The predicted molar refractivity (Wildman–Crippen MR) is 109 cm³/mol. The Balaban J connectivity index is 1.82. The van der Waals surface area contributed by atoms with Crippen LogP contribution in [0, 0.1) is 11.7 Å². The number of carbonyl (C=O) groups excluding carboxylic acids is 2. The van der Waals surface area contributed by atoms with Crippen molar-refractivity contribution in [2.45, 2.75) is 26.3 Å². The second-order valence-electron chi connectivity index (χ2n) is 7.55. The molecule has 28 heavy (non-hydrogen) atoms. The van der Waals surface area contributed by atoms with Gasteiger partial charge in [0.05, 0.1) is 0 Å². The molecule has 2 amide bonds. The van der Waals surface area contributed by atoms with Crippen molar-refractivity contribution in [1.82, 2.24) is 4.90 Å². The number of carbonyl (C=O) groups is 2. The van der Waals surface area contributed by atoms with Crippen LogP contribution in [0.4, 0.5) is 15.8 Å². The van der Waals surface area contributed by atoms with Gasteiger partial charge in [-0.3, -0.25) is 9.59 Å². The summed E-state index contributed by atoms with van der Waals surface area (Å²) in [7, 11) is 3.89. The lowest BCUT2D eigenvalue weighted by Gasteiger charge is -2.25. The molecule has 1 aliphatic carbocycles. The van der Waals surface area contributed by atoms with Gasteiger partial charge in [0.25, 0.3) is 5.91 Å². The number of amides is 2. The van der Waals surface area contributed by atoms with Crippen molar-refractivity contribution in [3.05, 3.63) is 59.4 Å². The van der Waals surface area contributed by atoms with Gasteiger partial charge < -0.3 is 15.1 Å². The van der Waals surface area contributed by atoms with E-state index in [1.807, 2.05) is 42.1 Å². The summed E-state index contributed by atoms with van der Waals surface area (Å²) in [5.41, 5.74) is 2.82. The fourth-order valence-corrected chi connectivity index (χ4v) is 3.18. The topological polar surface area (TPSA) is 52.7 Å². The van der Waals surface area contributed by atoms with Crippen LogP contribution in [0.3, 0.4) is 0 Å². The highest BCUT2D eigenvalue weighted by Gasteiger charge is 2.26. The van der Waals surface area contributed by atoms with Gasteiger partial charge in [0.2, 0.25) is 5.91 Å². The number of hydrogen-bond acceptors (Lipinski definition) is 3. The maximum atomic E-state index is 13.4. The highest BCUT2D eigenvalue weighted by atomic mass is 19.1. The molecule has 1 fully saturated rings. The highest BCUT2D eigenvalue weighted by molar-refractivity contribution is 6.04. The molecule has 6 heteroatoms. The normalized spacial score (nSPS) is 13.1. The Morgan fingerprint density at radius 2 is 1.89 bits per heavy atom. The fraction of sp³-hybridized carbons (Fsp3) is 0.364. The van der Waals surface area contributed by atoms with Gasteiger partial charge in [-0.25, -0.2) is 4.39 Å². The first-order valence-corrected chi connectivity index (χ1v) is 9.46. The first kappa shape index (κ1) is 19.9. The minimum absolute atomic E-state index is 0.0470. The van der Waals surface area contributed by atoms with E-state index in [9.17, 15) is 14.0 Å². The molecule has 5 nitrogen and oxygen atoms in total. The molecule has 1 saturated carbocycles. The summed E-state index contributed by atoms with van der Waals surface area (Å²) in [4.78, 5) is 28.4. The van der Waals surface area contributed by atoms with Crippen molar-refractivity contribution >= 4 is 23.2 Å². The second-order valence-corrected chi connectivity index (χ2v) is 7.55. The van der Waals surface area contributed by atoms with Gasteiger partial charge in [-0.2, -0.15) is 0 Å². The van der Waals surface area contributed by atoms with Crippen LogP contribution in [0.5, 0.6) is 0 Å². The quantitative estimate of drug-likeness (QED) is 0.789. The molecule has 0 bridgehead atoms. The molecule has 0 unspecified atom stereocenters. The van der Waals surface area contributed by atoms with E-state index in [4.69, 9.17) is 0 Å². The van der Waals surface area contributed by atoms with E-state index in [2.05, 4.69) is 5.32 Å². The van der Waals surface area contributed by atoms with Gasteiger partial charge in [0.15, 0.2) is 0 Å². The van der Waals surface area contributed by atoms with Crippen molar-refractivity contribution in [2.24, 2.45) is 5.92 Å². The third kappa shape index (κ3) is 5.09. The average molecular weight is 383 g/mol. The van der Waals surface area contributed by atoms with Crippen molar-refractivity contribution in [3.8, 4) is 0 Å². The van der Waals surface area contributed by atoms with E-state index in [1.165, 1.54) is 31.0 Å². The third-order valence-electron chi connectivity index (χ3n) is 4.89. The Labute approximate surface area is 165 Å². The molecule has 0 spiro atoms. The molecule has 3 rings (SSSR count). The Bertz CT molecular complexity index is 878. The predicted octanol–water partition coefficient (Wildman–Crippen LogP) is 3.90. The lowest BCUT2D eigenvalue weighted by molar-refractivity contribution is -0.129. The van der Waals surface area contributed by atoms with Crippen molar-refractivity contribution in [3.63, 3.8) is 0 Å². The van der Waals surface area contributed by atoms with Crippen LogP contribution in [-0.2, 0) is 11.3 Å². The van der Waals surface area contributed by atoms with Crippen LogP contribution >= 0.6 is 0 Å². The minimum Gasteiger partial charge on any atom is -0.377 e. The lowest BCUT2D eigenvalue weighted by atomic mass is 10.1. The molecular formula is C22H26FN3O2. The zero-order chi connectivity index (χ0) is 20.3. The van der Waals surface area contributed by atoms with Crippen LogP contribution in [0.25, 0.3) is 0 Å². The van der Waals surface area contributed by atoms with Crippen molar-refractivity contribution in [2.75, 3.05) is 30.9 Å². The Morgan fingerprint density at radius 1 is 1.14 bits per heavy atom. The van der Waals surface area contributed by atoms with E-state index in [1.54, 1.807) is 13.0 Å². The fourth-order valence-electron chi connectivity index (χ4n) is 3.18. The Hall–Kier alpha value is -2.89. The number of benzene rings is 2. The summed E-state index contributed by atoms with van der Waals surface area (Å²) < 4.78 is 13.4. The number of rotatable bonds is 7. The monoisotopic (exact) mass is 383 g/mol. The molecule has 0 aliphatic heterocycles.